The van der Waals surface area contributed by atoms with E-state index in [1.54, 1.807) is 0 Å². The second-order valence-corrected chi connectivity index (χ2v) is 9.45. The average molecular weight is 452 g/mol. The van der Waals surface area contributed by atoms with Crippen LogP contribution in [0.15, 0.2) is 77.6 Å². The number of benzene rings is 3. The third-order valence-electron chi connectivity index (χ3n) is 7.28. The molecule has 2 aliphatic rings. The number of aromatic nitrogens is 2. The fourth-order valence-electron chi connectivity index (χ4n) is 5.52. The number of anilines is 1. The number of hydrogen-bond acceptors (Lipinski definition) is 5. The van der Waals surface area contributed by atoms with Gasteiger partial charge in [0.2, 0.25) is 0 Å². The molecular weight excluding hydrogens is 422 g/mol. The van der Waals surface area contributed by atoms with Crippen LogP contribution in [-0.4, -0.2) is 40.8 Å². The number of hydrogen-bond donors (Lipinski definition) is 3. The molecular formula is C28H29N5O. The molecule has 3 aromatic carbocycles. The predicted molar refractivity (Wildman–Crippen MR) is 136 cm³/mol. The average Bonchev–Trinajstić information content (AvgIpc) is 2.88. The van der Waals surface area contributed by atoms with Gasteiger partial charge in [-0.3, -0.25) is 9.69 Å². The molecule has 0 saturated carbocycles. The second kappa shape index (κ2) is 8.70. The Kier molecular flexibility index (Phi) is 5.40. The van der Waals surface area contributed by atoms with Crippen LogP contribution in [0.1, 0.15) is 41.3 Å². The highest BCUT2D eigenvalue weighted by atomic mass is 16.1. The Labute approximate surface area is 199 Å². The number of H-pyrrole nitrogens is 1. The monoisotopic (exact) mass is 451 g/mol. The van der Waals surface area contributed by atoms with Crippen LogP contribution in [0.5, 0.6) is 0 Å². The molecule has 0 aliphatic carbocycles. The molecule has 2 aliphatic heterocycles. The fraction of sp³-hybridized carbons (Fsp3) is 0.286. The van der Waals surface area contributed by atoms with Crippen molar-refractivity contribution in [1.29, 1.82) is 0 Å². The third-order valence-corrected chi connectivity index (χ3v) is 7.28. The summed E-state index contributed by atoms with van der Waals surface area (Å²) >= 11 is 0. The van der Waals surface area contributed by atoms with Crippen LogP contribution < -0.4 is 16.2 Å². The van der Waals surface area contributed by atoms with E-state index in [1.165, 1.54) is 16.7 Å². The highest BCUT2D eigenvalue weighted by Crippen LogP contribution is 2.46. The van der Waals surface area contributed by atoms with Gasteiger partial charge in [0.25, 0.3) is 5.56 Å². The first-order valence-electron chi connectivity index (χ1n) is 12.1. The van der Waals surface area contributed by atoms with E-state index in [0.29, 0.717) is 11.4 Å². The molecule has 6 nitrogen and oxygen atoms in total. The van der Waals surface area contributed by atoms with Crippen molar-refractivity contribution in [3.05, 3.63) is 106 Å². The van der Waals surface area contributed by atoms with E-state index in [2.05, 4.69) is 81.2 Å². The fourth-order valence-corrected chi connectivity index (χ4v) is 5.52. The minimum Gasteiger partial charge on any atom is -0.377 e. The van der Waals surface area contributed by atoms with E-state index in [0.717, 1.165) is 42.9 Å². The normalized spacial score (nSPS) is 22.4. The third kappa shape index (κ3) is 3.69. The van der Waals surface area contributed by atoms with Crippen molar-refractivity contribution in [2.24, 2.45) is 0 Å². The molecule has 0 radical (unpaired) electrons. The Balaban J connectivity index is 1.47. The molecule has 4 aromatic rings. The Morgan fingerprint density at radius 1 is 1.00 bits per heavy atom. The van der Waals surface area contributed by atoms with Gasteiger partial charge in [0, 0.05) is 43.3 Å². The van der Waals surface area contributed by atoms with Crippen molar-refractivity contribution in [3.63, 3.8) is 0 Å². The van der Waals surface area contributed by atoms with Gasteiger partial charge in [0.15, 0.2) is 0 Å². The van der Waals surface area contributed by atoms with Gasteiger partial charge in [-0.1, -0.05) is 60.7 Å². The van der Waals surface area contributed by atoms with Gasteiger partial charge in [-0.05, 0) is 35.7 Å². The van der Waals surface area contributed by atoms with Gasteiger partial charge in [0.05, 0.1) is 23.0 Å². The lowest BCUT2D eigenvalue weighted by Gasteiger charge is -2.36. The first-order valence-corrected chi connectivity index (χ1v) is 12.1. The Hall–Kier alpha value is -3.48. The van der Waals surface area contributed by atoms with Crippen LogP contribution in [0.2, 0.25) is 0 Å². The lowest BCUT2D eigenvalue weighted by Crippen LogP contribution is -2.49. The van der Waals surface area contributed by atoms with E-state index in [-0.39, 0.29) is 17.5 Å². The van der Waals surface area contributed by atoms with Crippen LogP contribution in [-0.2, 0) is 6.54 Å². The lowest BCUT2D eigenvalue weighted by molar-refractivity contribution is 0.165. The van der Waals surface area contributed by atoms with Crippen molar-refractivity contribution in [2.45, 2.75) is 31.5 Å². The minimum atomic E-state index is -0.152. The maximum atomic E-state index is 12.6. The zero-order valence-electron chi connectivity index (χ0n) is 19.3. The topological polar surface area (TPSA) is 73.0 Å². The van der Waals surface area contributed by atoms with E-state index < -0.39 is 0 Å². The van der Waals surface area contributed by atoms with E-state index in [1.807, 2.05) is 24.3 Å². The molecule has 6 rings (SSSR count). The molecule has 1 aromatic heterocycles. The Morgan fingerprint density at radius 2 is 1.82 bits per heavy atom. The van der Waals surface area contributed by atoms with Crippen molar-refractivity contribution in [2.75, 3.05) is 25.0 Å². The highest BCUT2D eigenvalue weighted by Gasteiger charge is 2.35. The molecule has 1 saturated heterocycles. The number of nitrogens with one attached hydrogen (secondary N) is 3. The maximum absolute atomic E-state index is 12.6. The van der Waals surface area contributed by atoms with Gasteiger partial charge in [0.1, 0.15) is 0 Å². The van der Waals surface area contributed by atoms with Gasteiger partial charge >= 0.3 is 0 Å². The van der Waals surface area contributed by atoms with E-state index >= 15 is 0 Å². The van der Waals surface area contributed by atoms with Crippen LogP contribution in [0.4, 0.5) is 5.69 Å². The standard InChI is InChI=1S/C28H29N5O/c1-18-16-29-13-14-33(18)17-19-7-5-10-21(15-19)24-26(20-8-3-2-4-9-20)30-23-12-6-11-22-25(23)27(24)31-32-28(22)34/h2-12,15,18,24,26,29-30H,13-14,16-17H2,1H3,(H,32,34). The van der Waals surface area contributed by atoms with Gasteiger partial charge in [-0.25, -0.2) is 5.10 Å². The number of nitrogens with zero attached hydrogens (tertiary/aromatic N) is 2. The van der Waals surface area contributed by atoms with Crippen LogP contribution in [0, 0.1) is 0 Å². The summed E-state index contributed by atoms with van der Waals surface area (Å²) in [6, 6.07) is 25.8. The molecule has 3 atom stereocenters. The molecule has 6 heteroatoms. The summed E-state index contributed by atoms with van der Waals surface area (Å²) in [5.74, 6) is -0.0305. The molecule has 34 heavy (non-hydrogen) atoms. The summed E-state index contributed by atoms with van der Waals surface area (Å²) in [4.78, 5) is 15.1. The van der Waals surface area contributed by atoms with Gasteiger partial charge < -0.3 is 10.6 Å². The lowest BCUT2D eigenvalue weighted by atomic mass is 9.79. The van der Waals surface area contributed by atoms with Crippen LogP contribution >= 0.6 is 0 Å². The second-order valence-electron chi connectivity index (χ2n) is 9.45. The maximum Gasteiger partial charge on any atom is 0.272 e. The molecule has 1 fully saturated rings. The van der Waals surface area contributed by atoms with Crippen molar-refractivity contribution < 1.29 is 0 Å². The Morgan fingerprint density at radius 3 is 2.68 bits per heavy atom. The van der Waals surface area contributed by atoms with Crippen molar-refractivity contribution >= 4 is 16.5 Å². The molecule has 0 spiro atoms. The quantitative estimate of drug-likeness (QED) is 0.437. The van der Waals surface area contributed by atoms with Gasteiger partial charge in [-0.2, -0.15) is 5.10 Å². The molecule has 3 heterocycles. The SMILES string of the molecule is CC1CNCCN1Cc1cccc(C2c3n[nH]c(=O)c4cccc(c34)NC2c2ccccc2)c1. The minimum absolute atomic E-state index is 0.00561. The largest absolute Gasteiger partial charge is 0.377 e. The van der Waals surface area contributed by atoms with Crippen LogP contribution in [0.25, 0.3) is 10.8 Å². The summed E-state index contributed by atoms with van der Waals surface area (Å²) in [6.07, 6.45) is 0. The molecule has 3 unspecified atom stereocenters. The highest BCUT2D eigenvalue weighted by molar-refractivity contribution is 5.97. The molecule has 0 bridgehead atoms. The van der Waals surface area contributed by atoms with E-state index in [9.17, 15) is 4.79 Å². The molecule has 3 N–H and O–H groups in total. The molecule has 172 valence electrons. The Bertz CT molecular complexity index is 1380. The number of aromatic amines is 1. The zero-order chi connectivity index (χ0) is 23.1. The van der Waals surface area contributed by atoms with Gasteiger partial charge in [-0.15, -0.1) is 0 Å². The van der Waals surface area contributed by atoms with E-state index in [4.69, 9.17) is 0 Å². The molecule has 0 amide bonds. The summed E-state index contributed by atoms with van der Waals surface area (Å²) in [5.41, 5.74) is 5.44. The predicted octanol–water partition coefficient (Wildman–Crippen LogP) is 4.02. The van der Waals surface area contributed by atoms with Crippen molar-refractivity contribution in [3.8, 4) is 0 Å². The summed E-state index contributed by atoms with van der Waals surface area (Å²) in [5, 5.41) is 16.2. The number of rotatable bonds is 4. The van der Waals surface area contributed by atoms with Crippen LogP contribution in [0.3, 0.4) is 0 Å². The summed E-state index contributed by atoms with van der Waals surface area (Å²) < 4.78 is 0. The summed E-state index contributed by atoms with van der Waals surface area (Å²) in [7, 11) is 0. The smallest absolute Gasteiger partial charge is 0.272 e. The first kappa shape index (κ1) is 21.1. The summed E-state index contributed by atoms with van der Waals surface area (Å²) in [6.45, 7) is 6.32. The zero-order valence-corrected chi connectivity index (χ0v) is 19.3. The first-order chi connectivity index (χ1) is 16.7. The number of piperazine rings is 1. The van der Waals surface area contributed by atoms with Crippen molar-refractivity contribution in [1.82, 2.24) is 20.4 Å².